The van der Waals surface area contributed by atoms with E-state index in [9.17, 15) is 14.7 Å². The van der Waals surface area contributed by atoms with E-state index in [0.29, 0.717) is 25.7 Å². The fourth-order valence-electron chi connectivity index (χ4n) is 2.61. The van der Waals surface area contributed by atoms with Crippen LogP contribution in [0.25, 0.3) is 0 Å². The van der Waals surface area contributed by atoms with Crippen molar-refractivity contribution in [3.8, 4) is 0 Å². The van der Waals surface area contributed by atoms with Crippen molar-refractivity contribution in [2.75, 3.05) is 6.54 Å². The van der Waals surface area contributed by atoms with Crippen LogP contribution in [0.4, 0.5) is 4.79 Å². The SMILES string of the molecule is O=CC12CCC(CC1O)CN2C(=O)O. The molecule has 3 rings (SSSR count). The van der Waals surface area contributed by atoms with Gasteiger partial charge in [0.2, 0.25) is 0 Å². The number of hydrogen-bond acceptors (Lipinski definition) is 3. The number of aldehydes is 1. The molecular formula is C9H13NO4. The third-order valence-electron chi connectivity index (χ3n) is 3.46. The maximum Gasteiger partial charge on any atom is 0.408 e. The molecule has 5 nitrogen and oxygen atoms in total. The van der Waals surface area contributed by atoms with Crippen molar-refractivity contribution in [2.45, 2.75) is 30.9 Å². The van der Waals surface area contributed by atoms with Crippen LogP contribution in [0.1, 0.15) is 19.3 Å². The zero-order chi connectivity index (χ0) is 10.3. The van der Waals surface area contributed by atoms with Crippen molar-refractivity contribution in [3.05, 3.63) is 0 Å². The molecule has 1 saturated carbocycles. The van der Waals surface area contributed by atoms with E-state index in [1.165, 1.54) is 0 Å². The Bertz CT molecular complexity index is 280. The fourth-order valence-corrected chi connectivity index (χ4v) is 2.61. The third kappa shape index (κ3) is 1.05. The predicted octanol–water partition coefficient (Wildman–Crippen LogP) is 0.0787. The quantitative estimate of drug-likeness (QED) is 0.586. The summed E-state index contributed by atoms with van der Waals surface area (Å²) < 4.78 is 0. The van der Waals surface area contributed by atoms with Crippen LogP contribution in [-0.2, 0) is 4.79 Å². The minimum Gasteiger partial charge on any atom is -0.465 e. The number of carbonyl (C=O) groups excluding carboxylic acids is 1. The number of amides is 1. The number of carboxylic acid groups (broad SMARTS) is 1. The highest BCUT2D eigenvalue weighted by Gasteiger charge is 2.54. The lowest BCUT2D eigenvalue weighted by Crippen LogP contribution is -2.68. The Labute approximate surface area is 81.3 Å². The second kappa shape index (κ2) is 2.95. The summed E-state index contributed by atoms with van der Waals surface area (Å²) in [5.41, 5.74) is -1.17. The maximum atomic E-state index is 11.0. The van der Waals surface area contributed by atoms with Gasteiger partial charge in [-0.05, 0) is 25.2 Å². The predicted molar refractivity (Wildman–Crippen MR) is 46.9 cm³/mol. The number of fused-ring (bicyclic) bond motifs is 3. The van der Waals surface area contributed by atoms with Gasteiger partial charge in [0.15, 0.2) is 0 Å². The van der Waals surface area contributed by atoms with Crippen molar-refractivity contribution < 1.29 is 19.8 Å². The molecule has 1 amide bonds. The van der Waals surface area contributed by atoms with Gasteiger partial charge in [0.25, 0.3) is 0 Å². The highest BCUT2D eigenvalue weighted by Crippen LogP contribution is 2.42. The first kappa shape index (κ1) is 9.45. The number of hydrogen-bond donors (Lipinski definition) is 2. The van der Waals surface area contributed by atoms with Gasteiger partial charge in [-0.1, -0.05) is 0 Å². The minimum absolute atomic E-state index is 0.211. The topological polar surface area (TPSA) is 77.8 Å². The summed E-state index contributed by atoms with van der Waals surface area (Å²) in [5, 5.41) is 18.7. The largest absolute Gasteiger partial charge is 0.465 e. The number of rotatable bonds is 1. The average Bonchev–Trinajstić information content (AvgIpc) is 2.18. The minimum atomic E-state index is -1.17. The van der Waals surface area contributed by atoms with E-state index in [4.69, 9.17) is 5.11 Å². The van der Waals surface area contributed by atoms with E-state index >= 15 is 0 Å². The lowest BCUT2D eigenvalue weighted by atomic mass is 9.69. The summed E-state index contributed by atoms with van der Waals surface area (Å²) >= 11 is 0. The third-order valence-corrected chi connectivity index (χ3v) is 3.46. The Balaban J connectivity index is 2.35. The number of carbonyl (C=O) groups is 2. The molecule has 2 bridgehead atoms. The molecule has 3 fully saturated rings. The van der Waals surface area contributed by atoms with E-state index in [0.717, 1.165) is 11.3 Å². The molecule has 3 atom stereocenters. The highest BCUT2D eigenvalue weighted by atomic mass is 16.4. The van der Waals surface area contributed by atoms with Gasteiger partial charge in [-0.3, -0.25) is 4.90 Å². The van der Waals surface area contributed by atoms with E-state index < -0.39 is 17.7 Å². The van der Waals surface area contributed by atoms with E-state index in [1.54, 1.807) is 0 Å². The molecule has 0 radical (unpaired) electrons. The van der Waals surface area contributed by atoms with E-state index in [-0.39, 0.29) is 5.92 Å². The van der Waals surface area contributed by atoms with Crippen LogP contribution in [-0.4, -0.2) is 45.7 Å². The van der Waals surface area contributed by atoms with Crippen LogP contribution in [0.2, 0.25) is 0 Å². The van der Waals surface area contributed by atoms with Gasteiger partial charge < -0.3 is 15.0 Å². The van der Waals surface area contributed by atoms with Crippen LogP contribution in [0.15, 0.2) is 0 Å². The molecule has 2 heterocycles. The Kier molecular flexibility index (Phi) is 1.99. The molecule has 14 heavy (non-hydrogen) atoms. The highest BCUT2D eigenvalue weighted by molar-refractivity contribution is 5.77. The Morgan fingerprint density at radius 3 is 2.71 bits per heavy atom. The van der Waals surface area contributed by atoms with Gasteiger partial charge in [0.05, 0.1) is 6.10 Å². The molecule has 0 spiro atoms. The Hall–Kier alpha value is -1.10. The van der Waals surface area contributed by atoms with E-state index in [1.807, 2.05) is 0 Å². The fraction of sp³-hybridized carbons (Fsp3) is 0.778. The molecule has 3 aliphatic rings. The maximum absolute atomic E-state index is 11.0. The number of piperidine rings is 2. The van der Waals surface area contributed by atoms with Crippen molar-refractivity contribution >= 4 is 12.4 Å². The van der Waals surface area contributed by atoms with Gasteiger partial charge in [-0.2, -0.15) is 0 Å². The summed E-state index contributed by atoms with van der Waals surface area (Å²) in [7, 11) is 0. The molecule has 0 aromatic heterocycles. The smallest absolute Gasteiger partial charge is 0.408 e. The zero-order valence-electron chi connectivity index (χ0n) is 7.72. The Morgan fingerprint density at radius 1 is 1.57 bits per heavy atom. The molecule has 0 aromatic carbocycles. The summed E-state index contributed by atoms with van der Waals surface area (Å²) in [5.74, 6) is 0.211. The molecular weight excluding hydrogens is 186 g/mol. The first-order valence-electron chi connectivity index (χ1n) is 4.75. The number of aliphatic hydroxyl groups is 1. The van der Waals surface area contributed by atoms with Crippen LogP contribution >= 0.6 is 0 Å². The zero-order valence-corrected chi connectivity index (χ0v) is 7.72. The Morgan fingerprint density at radius 2 is 2.29 bits per heavy atom. The summed E-state index contributed by atoms with van der Waals surface area (Å²) in [6.07, 6.45) is 0.488. The van der Waals surface area contributed by atoms with Gasteiger partial charge >= 0.3 is 6.09 Å². The molecule has 5 heteroatoms. The van der Waals surface area contributed by atoms with Crippen LogP contribution < -0.4 is 0 Å². The van der Waals surface area contributed by atoms with Gasteiger partial charge in [-0.25, -0.2) is 4.79 Å². The van der Waals surface area contributed by atoms with Crippen molar-refractivity contribution in [1.82, 2.24) is 4.90 Å². The van der Waals surface area contributed by atoms with Crippen molar-refractivity contribution in [1.29, 1.82) is 0 Å². The molecule has 2 saturated heterocycles. The second-order valence-electron chi connectivity index (χ2n) is 4.16. The number of nitrogens with zero attached hydrogens (tertiary/aromatic N) is 1. The van der Waals surface area contributed by atoms with Crippen LogP contribution in [0.5, 0.6) is 0 Å². The molecule has 3 unspecified atom stereocenters. The summed E-state index contributed by atoms with van der Waals surface area (Å²) in [6.45, 7) is 0.380. The first-order chi connectivity index (χ1) is 6.60. The lowest BCUT2D eigenvalue weighted by molar-refractivity contribution is -0.142. The number of aliphatic hydroxyl groups excluding tert-OH is 1. The van der Waals surface area contributed by atoms with E-state index in [2.05, 4.69) is 0 Å². The molecule has 2 aliphatic heterocycles. The van der Waals surface area contributed by atoms with Crippen molar-refractivity contribution in [3.63, 3.8) is 0 Å². The van der Waals surface area contributed by atoms with Gasteiger partial charge in [0, 0.05) is 6.54 Å². The molecule has 78 valence electrons. The van der Waals surface area contributed by atoms with Gasteiger partial charge in [-0.15, -0.1) is 0 Å². The summed E-state index contributed by atoms with van der Waals surface area (Å²) in [6, 6.07) is 0. The molecule has 2 N–H and O–H groups in total. The molecule has 1 aliphatic carbocycles. The second-order valence-corrected chi connectivity index (χ2v) is 4.16. The van der Waals surface area contributed by atoms with Crippen LogP contribution in [0, 0.1) is 5.92 Å². The van der Waals surface area contributed by atoms with Crippen LogP contribution in [0.3, 0.4) is 0 Å². The average molecular weight is 199 g/mol. The normalized spacial score (nSPS) is 41.1. The lowest BCUT2D eigenvalue weighted by Gasteiger charge is -2.52. The summed E-state index contributed by atoms with van der Waals surface area (Å²) in [4.78, 5) is 23.0. The monoisotopic (exact) mass is 199 g/mol. The molecule has 0 aromatic rings. The standard InChI is InChI=1S/C9H13NO4/c11-5-9-2-1-6(3-7(9)12)4-10(9)8(13)14/h5-7,12H,1-4H2,(H,13,14). The van der Waals surface area contributed by atoms with Crippen molar-refractivity contribution in [2.24, 2.45) is 5.92 Å². The van der Waals surface area contributed by atoms with Gasteiger partial charge in [0.1, 0.15) is 11.8 Å². The first-order valence-corrected chi connectivity index (χ1v) is 4.75.